The van der Waals surface area contributed by atoms with Crippen molar-refractivity contribution in [1.82, 2.24) is 0 Å². The first-order valence-corrected chi connectivity index (χ1v) is 7.02. The van der Waals surface area contributed by atoms with E-state index in [0.717, 1.165) is 5.69 Å². The van der Waals surface area contributed by atoms with Crippen molar-refractivity contribution < 1.29 is 4.79 Å². The van der Waals surface area contributed by atoms with Crippen LogP contribution in [0.3, 0.4) is 0 Å². The number of carbonyl (C=O) groups excluding carboxylic acids is 1. The van der Waals surface area contributed by atoms with Gasteiger partial charge in [-0.05, 0) is 56.1 Å². The lowest BCUT2D eigenvalue weighted by molar-refractivity contribution is 0.262. The Morgan fingerprint density at radius 3 is 2.16 bits per heavy atom. The number of nitrogen functional groups attached to an aromatic ring is 1. The maximum absolute atomic E-state index is 11.9. The van der Waals surface area contributed by atoms with Crippen LogP contribution in [0, 0.1) is 0 Å². The fourth-order valence-corrected chi connectivity index (χ4v) is 2.93. The largest absolute Gasteiger partial charge is 0.399 e. The number of amides is 2. The van der Waals surface area contributed by atoms with Crippen LogP contribution in [0.5, 0.6) is 0 Å². The van der Waals surface area contributed by atoms with Gasteiger partial charge in [-0.1, -0.05) is 18.2 Å². The first-order chi connectivity index (χ1) is 9.06. The maximum Gasteiger partial charge on any atom is 0.323 e. The summed E-state index contributed by atoms with van der Waals surface area (Å²) in [6, 6.07) is 12.3. The molecule has 0 bridgehead atoms. The Bertz CT molecular complexity index is 579. The predicted molar refractivity (Wildman–Crippen MR) is 85.3 cm³/mol. The number of nitrogens with one attached hydrogen (secondary N) is 2. The molecule has 0 aliphatic carbocycles. The lowest BCUT2D eigenvalue weighted by Gasteiger charge is -2.11. The van der Waals surface area contributed by atoms with Crippen molar-refractivity contribution >= 4 is 55.0 Å². The molecule has 2 aromatic carbocycles. The third-order valence-corrected chi connectivity index (χ3v) is 3.59. The molecule has 0 aliphatic heterocycles. The van der Waals surface area contributed by atoms with Crippen LogP contribution < -0.4 is 16.4 Å². The van der Waals surface area contributed by atoms with E-state index < -0.39 is 0 Å². The highest BCUT2D eigenvalue weighted by Crippen LogP contribution is 2.33. The van der Waals surface area contributed by atoms with Crippen molar-refractivity contribution in [3.8, 4) is 0 Å². The molecule has 0 aliphatic rings. The van der Waals surface area contributed by atoms with Gasteiger partial charge in [-0.2, -0.15) is 0 Å². The molecule has 0 spiro atoms. The van der Waals surface area contributed by atoms with Gasteiger partial charge in [0.25, 0.3) is 0 Å². The first kappa shape index (κ1) is 13.9. The van der Waals surface area contributed by atoms with Gasteiger partial charge >= 0.3 is 6.03 Å². The third-order valence-electron chi connectivity index (χ3n) is 2.33. The van der Waals surface area contributed by atoms with Crippen molar-refractivity contribution in [2.45, 2.75) is 0 Å². The van der Waals surface area contributed by atoms with E-state index in [2.05, 4.69) is 42.5 Å². The van der Waals surface area contributed by atoms with Gasteiger partial charge in [-0.25, -0.2) is 4.79 Å². The molecule has 6 heteroatoms. The van der Waals surface area contributed by atoms with E-state index in [0.29, 0.717) is 20.3 Å². The Balaban J connectivity index is 2.12. The van der Waals surface area contributed by atoms with Crippen molar-refractivity contribution in [3.05, 3.63) is 51.4 Å². The zero-order valence-corrected chi connectivity index (χ0v) is 13.0. The fourth-order valence-electron chi connectivity index (χ4n) is 1.51. The molecular weight excluding hydrogens is 374 g/mol. The van der Waals surface area contributed by atoms with Gasteiger partial charge in [-0.3, -0.25) is 0 Å². The summed E-state index contributed by atoms with van der Waals surface area (Å²) in [5.41, 5.74) is 7.65. The Morgan fingerprint density at radius 2 is 1.58 bits per heavy atom. The minimum atomic E-state index is -0.322. The van der Waals surface area contributed by atoms with Gasteiger partial charge in [0.05, 0.1) is 5.69 Å². The number of hydrogen-bond donors (Lipinski definition) is 3. The topological polar surface area (TPSA) is 67.1 Å². The summed E-state index contributed by atoms with van der Waals surface area (Å²) in [7, 11) is 0. The summed E-state index contributed by atoms with van der Waals surface area (Å²) < 4.78 is 1.42. The molecule has 0 heterocycles. The lowest BCUT2D eigenvalue weighted by Crippen LogP contribution is -2.20. The summed E-state index contributed by atoms with van der Waals surface area (Å²) in [4.78, 5) is 11.9. The van der Waals surface area contributed by atoms with E-state index in [9.17, 15) is 4.79 Å². The maximum atomic E-state index is 11.9. The smallest absolute Gasteiger partial charge is 0.323 e. The number of urea groups is 1. The third kappa shape index (κ3) is 3.71. The molecule has 2 amide bonds. The molecule has 0 fully saturated rings. The molecule has 0 aromatic heterocycles. The number of nitrogens with two attached hydrogens (primary N) is 1. The van der Waals surface area contributed by atoms with E-state index in [1.54, 1.807) is 12.1 Å². The average molecular weight is 385 g/mol. The fraction of sp³-hybridized carbons (Fsp3) is 0. The number of hydrogen-bond acceptors (Lipinski definition) is 2. The highest BCUT2D eigenvalue weighted by Gasteiger charge is 2.10. The van der Waals surface area contributed by atoms with E-state index in [1.807, 2.05) is 30.3 Å². The quantitative estimate of drug-likeness (QED) is 0.670. The van der Waals surface area contributed by atoms with Crippen LogP contribution in [-0.4, -0.2) is 6.03 Å². The number of para-hydroxylation sites is 1. The molecule has 0 saturated carbocycles. The molecule has 0 radical (unpaired) electrons. The molecule has 0 atom stereocenters. The van der Waals surface area contributed by atoms with Crippen molar-refractivity contribution in [2.24, 2.45) is 0 Å². The predicted octanol–water partition coefficient (Wildman–Crippen LogP) is 4.44. The van der Waals surface area contributed by atoms with Crippen LogP contribution in [0.15, 0.2) is 51.4 Å². The summed E-state index contributed by atoms with van der Waals surface area (Å²) >= 11 is 6.72. The summed E-state index contributed by atoms with van der Waals surface area (Å²) in [5.74, 6) is 0. The highest BCUT2D eigenvalue weighted by molar-refractivity contribution is 9.11. The Hall–Kier alpha value is -1.53. The second-order valence-electron chi connectivity index (χ2n) is 3.80. The van der Waals surface area contributed by atoms with Gasteiger partial charge in [0.15, 0.2) is 0 Å². The molecule has 4 N–H and O–H groups in total. The first-order valence-electron chi connectivity index (χ1n) is 5.44. The average Bonchev–Trinajstić information content (AvgIpc) is 2.35. The number of halogens is 2. The van der Waals surface area contributed by atoms with E-state index in [4.69, 9.17) is 5.73 Å². The van der Waals surface area contributed by atoms with Crippen molar-refractivity contribution in [2.75, 3.05) is 16.4 Å². The van der Waals surface area contributed by atoms with Crippen LogP contribution in [-0.2, 0) is 0 Å². The second-order valence-corrected chi connectivity index (χ2v) is 5.51. The Kier molecular flexibility index (Phi) is 4.44. The van der Waals surface area contributed by atoms with Gasteiger partial charge < -0.3 is 16.4 Å². The summed E-state index contributed by atoms with van der Waals surface area (Å²) in [6.45, 7) is 0. The lowest BCUT2D eigenvalue weighted by atomic mass is 10.3. The summed E-state index contributed by atoms with van der Waals surface area (Å²) in [5, 5.41) is 5.49. The van der Waals surface area contributed by atoms with E-state index >= 15 is 0 Å². The van der Waals surface area contributed by atoms with Crippen molar-refractivity contribution in [1.29, 1.82) is 0 Å². The zero-order chi connectivity index (χ0) is 13.8. The molecule has 0 saturated heterocycles. The van der Waals surface area contributed by atoms with Gasteiger partial charge in [0.1, 0.15) is 0 Å². The van der Waals surface area contributed by atoms with Crippen LogP contribution in [0.1, 0.15) is 0 Å². The normalized spacial score (nSPS) is 10.0. The van der Waals surface area contributed by atoms with E-state index in [-0.39, 0.29) is 6.03 Å². The Labute approximate surface area is 127 Å². The number of rotatable bonds is 2. The van der Waals surface area contributed by atoms with Crippen molar-refractivity contribution in [3.63, 3.8) is 0 Å². The minimum Gasteiger partial charge on any atom is -0.399 e. The molecule has 2 rings (SSSR count). The number of anilines is 3. The van der Waals surface area contributed by atoms with Gasteiger partial charge in [0.2, 0.25) is 0 Å². The van der Waals surface area contributed by atoms with Crippen LogP contribution in [0.25, 0.3) is 0 Å². The van der Waals surface area contributed by atoms with Crippen LogP contribution >= 0.6 is 31.9 Å². The van der Waals surface area contributed by atoms with Gasteiger partial charge in [0, 0.05) is 20.3 Å². The molecule has 0 unspecified atom stereocenters. The second kappa shape index (κ2) is 6.08. The van der Waals surface area contributed by atoms with Crippen LogP contribution in [0.2, 0.25) is 0 Å². The monoisotopic (exact) mass is 383 g/mol. The highest BCUT2D eigenvalue weighted by atomic mass is 79.9. The summed E-state index contributed by atoms with van der Waals surface area (Å²) in [6.07, 6.45) is 0. The van der Waals surface area contributed by atoms with Crippen LogP contribution in [0.4, 0.5) is 21.9 Å². The number of carbonyl (C=O) groups is 1. The van der Waals surface area contributed by atoms with E-state index in [1.165, 1.54) is 0 Å². The molecule has 2 aromatic rings. The SMILES string of the molecule is Nc1cc(Br)c(NC(=O)Nc2ccccc2)c(Br)c1. The molecular formula is C13H11Br2N3O. The molecule has 98 valence electrons. The zero-order valence-electron chi connectivity index (χ0n) is 9.78. The molecule has 4 nitrogen and oxygen atoms in total. The number of benzene rings is 2. The van der Waals surface area contributed by atoms with Gasteiger partial charge in [-0.15, -0.1) is 0 Å². The molecule has 19 heavy (non-hydrogen) atoms. The Morgan fingerprint density at radius 1 is 1.00 bits per heavy atom. The standard InChI is InChI=1S/C13H11Br2N3O/c14-10-6-8(16)7-11(15)12(10)18-13(19)17-9-4-2-1-3-5-9/h1-7H,16H2,(H2,17,18,19). The minimum absolute atomic E-state index is 0.322.